The summed E-state index contributed by atoms with van der Waals surface area (Å²) in [4.78, 5) is 23.0. The zero-order valence-electron chi connectivity index (χ0n) is 14.4. The van der Waals surface area contributed by atoms with Crippen LogP contribution < -0.4 is 14.9 Å². The molecule has 0 spiro atoms. The average Bonchev–Trinajstić information content (AvgIpc) is 2.63. The number of ether oxygens (including phenoxy) is 2. The minimum Gasteiger partial charge on any atom is -0.496 e. The maximum atomic E-state index is 12.5. The standard InChI is InChI=1S/C20H17ClO5/c1-12-9-18(24-2)14(10-17(12)25-8-4-7-22)19-11-16(23)13-5-3-6-15(21)20(13)26-19/h3,5-7,9-11H,4,8H2,1-2H3. The number of aldehydes is 1. The molecule has 3 rings (SSSR count). The Morgan fingerprint density at radius 3 is 2.73 bits per heavy atom. The molecule has 0 saturated heterocycles. The number of methoxy groups -OCH3 is 1. The molecule has 6 heteroatoms. The normalized spacial score (nSPS) is 10.7. The minimum absolute atomic E-state index is 0.199. The van der Waals surface area contributed by atoms with Gasteiger partial charge in [0.2, 0.25) is 0 Å². The van der Waals surface area contributed by atoms with Crippen LogP contribution in [0.3, 0.4) is 0 Å². The Labute approximate surface area is 155 Å². The van der Waals surface area contributed by atoms with Crippen LogP contribution in [0, 0.1) is 6.92 Å². The summed E-state index contributed by atoms with van der Waals surface area (Å²) in [5.74, 6) is 1.46. The van der Waals surface area contributed by atoms with Gasteiger partial charge in [-0.2, -0.15) is 0 Å². The van der Waals surface area contributed by atoms with Gasteiger partial charge in [-0.1, -0.05) is 17.7 Å². The third-order valence-corrected chi connectivity index (χ3v) is 4.26. The van der Waals surface area contributed by atoms with Gasteiger partial charge < -0.3 is 18.7 Å². The van der Waals surface area contributed by atoms with Crippen molar-refractivity contribution < 1.29 is 18.7 Å². The van der Waals surface area contributed by atoms with E-state index in [1.807, 2.05) is 6.92 Å². The van der Waals surface area contributed by atoms with Gasteiger partial charge in [-0.3, -0.25) is 4.79 Å². The van der Waals surface area contributed by atoms with E-state index in [1.165, 1.54) is 13.2 Å². The van der Waals surface area contributed by atoms with E-state index in [9.17, 15) is 9.59 Å². The third-order valence-electron chi connectivity index (χ3n) is 3.96. The van der Waals surface area contributed by atoms with E-state index in [4.69, 9.17) is 25.5 Å². The quantitative estimate of drug-likeness (QED) is 0.474. The molecule has 0 fully saturated rings. The largest absolute Gasteiger partial charge is 0.496 e. The van der Waals surface area contributed by atoms with Gasteiger partial charge in [0.15, 0.2) is 11.0 Å². The third kappa shape index (κ3) is 3.44. The van der Waals surface area contributed by atoms with Crippen LogP contribution in [0.15, 0.2) is 45.6 Å². The van der Waals surface area contributed by atoms with Gasteiger partial charge in [-0.15, -0.1) is 0 Å². The van der Waals surface area contributed by atoms with Gasteiger partial charge in [0, 0.05) is 12.5 Å². The van der Waals surface area contributed by atoms with Crippen LogP contribution in [0.25, 0.3) is 22.3 Å². The second-order valence-corrected chi connectivity index (χ2v) is 6.12. The molecule has 0 aliphatic rings. The number of aryl methyl sites for hydroxylation is 1. The molecule has 0 radical (unpaired) electrons. The van der Waals surface area contributed by atoms with E-state index in [2.05, 4.69) is 0 Å². The van der Waals surface area contributed by atoms with Crippen molar-refractivity contribution in [2.75, 3.05) is 13.7 Å². The first-order valence-electron chi connectivity index (χ1n) is 8.03. The van der Waals surface area contributed by atoms with Crippen LogP contribution in [-0.4, -0.2) is 20.0 Å². The molecule has 0 bridgehead atoms. The van der Waals surface area contributed by atoms with E-state index in [0.29, 0.717) is 45.2 Å². The Kier molecular flexibility index (Phi) is 5.28. The van der Waals surface area contributed by atoms with Gasteiger partial charge in [0.05, 0.1) is 29.7 Å². The summed E-state index contributed by atoms with van der Waals surface area (Å²) in [6, 6.07) is 9.96. The van der Waals surface area contributed by atoms with Crippen molar-refractivity contribution in [1.29, 1.82) is 0 Å². The van der Waals surface area contributed by atoms with Crippen molar-refractivity contribution >= 4 is 28.9 Å². The highest BCUT2D eigenvalue weighted by Gasteiger charge is 2.16. The van der Waals surface area contributed by atoms with Crippen molar-refractivity contribution in [3.05, 3.63) is 57.2 Å². The Balaban J connectivity index is 2.17. The Morgan fingerprint density at radius 2 is 2.00 bits per heavy atom. The molecule has 0 atom stereocenters. The minimum atomic E-state index is -0.199. The fourth-order valence-electron chi connectivity index (χ4n) is 2.67. The van der Waals surface area contributed by atoms with Crippen molar-refractivity contribution in [3.8, 4) is 22.8 Å². The fraction of sp³-hybridized carbons (Fsp3) is 0.200. The number of rotatable bonds is 6. The molecule has 26 heavy (non-hydrogen) atoms. The Bertz CT molecular complexity index is 1020. The molecular formula is C20H17ClO5. The van der Waals surface area contributed by atoms with Crippen LogP contribution in [-0.2, 0) is 4.79 Å². The second-order valence-electron chi connectivity index (χ2n) is 5.71. The molecule has 134 valence electrons. The van der Waals surface area contributed by atoms with Crippen LogP contribution in [0.4, 0.5) is 0 Å². The second kappa shape index (κ2) is 7.62. The smallest absolute Gasteiger partial charge is 0.193 e. The molecule has 2 aromatic carbocycles. The first-order valence-corrected chi connectivity index (χ1v) is 8.40. The van der Waals surface area contributed by atoms with Crippen molar-refractivity contribution in [2.24, 2.45) is 0 Å². The summed E-state index contributed by atoms with van der Waals surface area (Å²) in [6.45, 7) is 2.14. The van der Waals surface area contributed by atoms with E-state index in [1.54, 1.807) is 30.3 Å². The zero-order valence-corrected chi connectivity index (χ0v) is 15.1. The highest BCUT2D eigenvalue weighted by atomic mass is 35.5. The van der Waals surface area contributed by atoms with Crippen molar-refractivity contribution in [2.45, 2.75) is 13.3 Å². The van der Waals surface area contributed by atoms with Crippen LogP contribution in [0.5, 0.6) is 11.5 Å². The molecule has 3 aromatic rings. The molecule has 1 heterocycles. The SMILES string of the molecule is COc1cc(C)c(OCCC=O)cc1-c1cc(=O)c2cccc(Cl)c2o1. The number of hydrogen-bond acceptors (Lipinski definition) is 5. The molecule has 0 unspecified atom stereocenters. The first kappa shape index (κ1) is 18.0. The van der Waals surface area contributed by atoms with Crippen LogP contribution in [0.2, 0.25) is 5.02 Å². The van der Waals surface area contributed by atoms with E-state index in [-0.39, 0.29) is 12.0 Å². The summed E-state index contributed by atoms with van der Waals surface area (Å²) < 4.78 is 17.0. The maximum absolute atomic E-state index is 12.5. The summed E-state index contributed by atoms with van der Waals surface area (Å²) >= 11 is 6.18. The Morgan fingerprint density at radius 1 is 1.19 bits per heavy atom. The predicted molar refractivity (Wildman–Crippen MR) is 100 cm³/mol. The fourth-order valence-corrected chi connectivity index (χ4v) is 2.88. The molecule has 5 nitrogen and oxygen atoms in total. The summed E-state index contributed by atoms with van der Waals surface area (Å²) in [5.41, 5.74) is 1.54. The van der Waals surface area contributed by atoms with E-state index in [0.717, 1.165) is 11.8 Å². The monoisotopic (exact) mass is 372 g/mol. The number of carbonyl (C=O) groups excluding carboxylic acids is 1. The lowest BCUT2D eigenvalue weighted by Crippen LogP contribution is -2.03. The lowest BCUT2D eigenvalue weighted by atomic mass is 10.1. The first-order chi connectivity index (χ1) is 12.5. The van der Waals surface area contributed by atoms with Crippen LogP contribution >= 0.6 is 11.6 Å². The number of hydrogen-bond donors (Lipinski definition) is 0. The number of para-hydroxylation sites is 1. The summed E-state index contributed by atoms with van der Waals surface area (Å²) in [6.07, 6.45) is 1.09. The molecule has 0 N–H and O–H groups in total. The highest BCUT2D eigenvalue weighted by Crippen LogP contribution is 2.37. The van der Waals surface area contributed by atoms with Crippen molar-refractivity contribution in [3.63, 3.8) is 0 Å². The molecule has 0 amide bonds. The van der Waals surface area contributed by atoms with Gasteiger partial charge in [-0.05, 0) is 36.8 Å². The summed E-state index contributed by atoms with van der Waals surface area (Å²) in [5, 5.41) is 0.768. The number of halogens is 1. The van der Waals surface area contributed by atoms with Crippen LogP contribution in [0.1, 0.15) is 12.0 Å². The number of benzene rings is 2. The number of carbonyl (C=O) groups is 1. The van der Waals surface area contributed by atoms with Gasteiger partial charge in [0.1, 0.15) is 23.5 Å². The van der Waals surface area contributed by atoms with Crippen molar-refractivity contribution in [1.82, 2.24) is 0 Å². The molecule has 0 saturated carbocycles. The van der Waals surface area contributed by atoms with Gasteiger partial charge in [0.25, 0.3) is 0 Å². The average molecular weight is 373 g/mol. The Hall–Kier alpha value is -2.79. The highest BCUT2D eigenvalue weighted by molar-refractivity contribution is 6.34. The maximum Gasteiger partial charge on any atom is 0.193 e. The van der Waals surface area contributed by atoms with E-state index < -0.39 is 0 Å². The van der Waals surface area contributed by atoms with E-state index >= 15 is 0 Å². The summed E-state index contributed by atoms with van der Waals surface area (Å²) in [7, 11) is 1.54. The zero-order chi connectivity index (χ0) is 18.7. The lowest BCUT2D eigenvalue weighted by molar-refractivity contribution is -0.108. The molecule has 0 aliphatic heterocycles. The number of fused-ring (bicyclic) bond motifs is 1. The lowest BCUT2D eigenvalue weighted by Gasteiger charge is -2.14. The predicted octanol–water partition coefficient (Wildman–Crippen LogP) is 4.40. The molecular weight excluding hydrogens is 356 g/mol. The van der Waals surface area contributed by atoms with Gasteiger partial charge >= 0.3 is 0 Å². The topological polar surface area (TPSA) is 65.7 Å². The molecule has 0 aliphatic carbocycles. The molecule has 1 aromatic heterocycles. The van der Waals surface area contributed by atoms with Gasteiger partial charge in [-0.25, -0.2) is 0 Å².